The first-order valence-corrected chi connectivity index (χ1v) is 5.11. The van der Waals surface area contributed by atoms with Gasteiger partial charge >= 0.3 is 5.97 Å². The van der Waals surface area contributed by atoms with E-state index >= 15 is 0 Å². The van der Waals surface area contributed by atoms with Crippen LogP contribution in [-0.4, -0.2) is 43.1 Å². The first kappa shape index (κ1) is 12.6. The molecule has 1 rings (SSSR count). The molecule has 0 aromatic carbocycles. The zero-order valence-electron chi connectivity index (χ0n) is 10.1. The maximum Gasteiger partial charge on any atom is 0.317 e. The van der Waals surface area contributed by atoms with Gasteiger partial charge in [-0.3, -0.25) is 14.4 Å². The topological polar surface area (TPSA) is 71.2 Å². The van der Waals surface area contributed by atoms with Crippen molar-refractivity contribution in [3.05, 3.63) is 11.9 Å². The standard InChI is InChI=1S/C10H18N4O2/c1-10(2,3)14(7-9(15)16)6-8-5-13(4)12-11-8/h5H,6-7H2,1-4H3,(H,15,16). The van der Waals surface area contributed by atoms with E-state index in [4.69, 9.17) is 5.11 Å². The molecule has 0 aliphatic heterocycles. The number of hydrogen-bond acceptors (Lipinski definition) is 4. The van der Waals surface area contributed by atoms with E-state index in [2.05, 4.69) is 10.3 Å². The molecule has 0 fully saturated rings. The molecule has 0 bridgehead atoms. The quantitative estimate of drug-likeness (QED) is 0.809. The SMILES string of the molecule is Cn1cc(CN(CC(=O)O)C(C)(C)C)nn1. The summed E-state index contributed by atoms with van der Waals surface area (Å²) in [5, 5.41) is 16.6. The lowest BCUT2D eigenvalue weighted by molar-refractivity contribution is -0.139. The van der Waals surface area contributed by atoms with E-state index in [1.165, 1.54) is 0 Å². The van der Waals surface area contributed by atoms with Gasteiger partial charge in [-0.2, -0.15) is 0 Å². The molecule has 6 nitrogen and oxygen atoms in total. The van der Waals surface area contributed by atoms with Crippen molar-refractivity contribution >= 4 is 5.97 Å². The van der Waals surface area contributed by atoms with Crippen molar-refractivity contribution < 1.29 is 9.90 Å². The van der Waals surface area contributed by atoms with Crippen LogP contribution in [0.25, 0.3) is 0 Å². The summed E-state index contributed by atoms with van der Waals surface area (Å²) < 4.78 is 1.61. The predicted octanol–water partition coefficient (Wildman–Crippen LogP) is 0.500. The third kappa shape index (κ3) is 3.62. The maximum absolute atomic E-state index is 10.8. The van der Waals surface area contributed by atoms with Crippen molar-refractivity contribution in [3.63, 3.8) is 0 Å². The molecule has 16 heavy (non-hydrogen) atoms. The number of rotatable bonds is 4. The number of carboxylic acid groups (broad SMARTS) is 1. The van der Waals surface area contributed by atoms with Gasteiger partial charge in [0.15, 0.2) is 0 Å². The molecular formula is C10H18N4O2. The summed E-state index contributed by atoms with van der Waals surface area (Å²) in [6.07, 6.45) is 1.79. The predicted molar refractivity (Wildman–Crippen MR) is 58.8 cm³/mol. The van der Waals surface area contributed by atoms with Gasteiger partial charge in [0.2, 0.25) is 0 Å². The second-order valence-electron chi connectivity index (χ2n) is 4.80. The Bertz CT molecular complexity index is 367. The average molecular weight is 226 g/mol. The molecule has 1 aromatic heterocycles. The molecule has 0 saturated carbocycles. The van der Waals surface area contributed by atoms with Crippen molar-refractivity contribution in [2.75, 3.05) is 6.54 Å². The number of aromatic nitrogens is 3. The summed E-state index contributed by atoms with van der Waals surface area (Å²) >= 11 is 0. The van der Waals surface area contributed by atoms with Crippen molar-refractivity contribution in [2.24, 2.45) is 7.05 Å². The smallest absolute Gasteiger partial charge is 0.317 e. The highest BCUT2D eigenvalue weighted by atomic mass is 16.4. The van der Waals surface area contributed by atoms with Gasteiger partial charge in [-0.1, -0.05) is 5.21 Å². The summed E-state index contributed by atoms with van der Waals surface area (Å²) in [7, 11) is 1.79. The van der Waals surface area contributed by atoms with E-state index in [1.54, 1.807) is 17.9 Å². The molecular weight excluding hydrogens is 208 g/mol. The molecule has 1 N–H and O–H groups in total. The largest absolute Gasteiger partial charge is 0.480 e. The normalized spacial score (nSPS) is 12.1. The lowest BCUT2D eigenvalue weighted by atomic mass is 10.1. The van der Waals surface area contributed by atoms with Crippen LogP contribution in [0.15, 0.2) is 6.20 Å². The molecule has 0 aliphatic rings. The van der Waals surface area contributed by atoms with Crippen LogP contribution in [0, 0.1) is 0 Å². The lowest BCUT2D eigenvalue weighted by Crippen LogP contribution is -2.43. The fourth-order valence-corrected chi connectivity index (χ4v) is 1.36. The molecule has 1 heterocycles. The van der Waals surface area contributed by atoms with Gasteiger partial charge < -0.3 is 5.11 Å². The van der Waals surface area contributed by atoms with Gasteiger partial charge in [0.1, 0.15) is 0 Å². The number of carboxylic acids is 1. The molecule has 0 amide bonds. The molecule has 0 aliphatic carbocycles. The fourth-order valence-electron chi connectivity index (χ4n) is 1.36. The van der Waals surface area contributed by atoms with Crippen molar-refractivity contribution in [1.29, 1.82) is 0 Å². The van der Waals surface area contributed by atoms with Crippen molar-refractivity contribution in [3.8, 4) is 0 Å². The van der Waals surface area contributed by atoms with Gasteiger partial charge in [0.05, 0.1) is 12.2 Å². The molecule has 90 valence electrons. The van der Waals surface area contributed by atoms with Crippen molar-refractivity contribution in [2.45, 2.75) is 32.9 Å². The molecule has 0 atom stereocenters. The first-order chi connectivity index (χ1) is 7.29. The van der Waals surface area contributed by atoms with E-state index in [0.717, 1.165) is 5.69 Å². The number of carbonyl (C=O) groups is 1. The fraction of sp³-hybridized carbons (Fsp3) is 0.700. The first-order valence-electron chi connectivity index (χ1n) is 5.11. The zero-order chi connectivity index (χ0) is 12.3. The van der Waals surface area contributed by atoms with Crippen LogP contribution in [0.5, 0.6) is 0 Å². The summed E-state index contributed by atoms with van der Waals surface area (Å²) in [6.45, 7) is 6.43. The van der Waals surface area contributed by atoms with Gasteiger partial charge in [-0.15, -0.1) is 5.10 Å². The minimum absolute atomic E-state index is 0.0000737. The molecule has 0 saturated heterocycles. The van der Waals surface area contributed by atoms with Gasteiger partial charge in [0.25, 0.3) is 0 Å². The Balaban J connectivity index is 2.74. The Morgan fingerprint density at radius 3 is 2.56 bits per heavy atom. The summed E-state index contributed by atoms with van der Waals surface area (Å²) in [6, 6.07) is 0. The Hall–Kier alpha value is -1.43. The van der Waals surface area contributed by atoms with E-state index in [0.29, 0.717) is 6.54 Å². The molecule has 0 spiro atoms. The van der Waals surface area contributed by atoms with Crippen LogP contribution in [0.4, 0.5) is 0 Å². The third-order valence-corrected chi connectivity index (χ3v) is 2.28. The van der Waals surface area contributed by atoms with Crippen LogP contribution >= 0.6 is 0 Å². The Labute approximate surface area is 94.9 Å². The summed E-state index contributed by atoms with van der Waals surface area (Å²) in [5.74, 6) is -0.834. The second kappa shape index (κ2) is 4.61. The molecule has 1 aromatic rings. The number of hydrogen-bond donors (Lipinski definition) is 1. The van der Waals surface area contributed by atoms with Crippen molar-refractivity contribution in [1.82, 2.24) is 19.9 Å². The Morgan fingerprint density at radius 2 is 2.19 bits per heavy atom. The molecule has 0 radical (unpaired) electrons. The van der Waals surface area contributed by atoms with E-state index in [-0.39, 0.29) is 12.1 Å². The highest BCUT2D eigenvalue weighted by molar-refractivity contribution is 5.69. The van der Waals surface area contributed by atoms with Crippen LogP contribution in [-0.2, 0) is 18.4 Å². The summed E-state index contributed by atoms with van der Waals surface area (Å²) in [4.78, 5) is 12.6. The average Bonchev–Trinajstić information content (AvgIpc) is 2.47. The number of aliphatic carboxylic acids is 1. The minimum Gasteiger partial charge on any atom is -0.480 e. The zero-order valence-corrected chi connectivity index (χ0v) is 10.1. The second-order valence-corrected chi connectivity index (χ2v) is 4.80. The van der Waals surface area contributed by atoms with Crippen LogP contribution in [0.2, 0.25) is 0 Å². The third-order valence-electron chi connectivity index (χ3n) is 2.28. The summed E-state index contributed by atoms with van der Waals surface area (Å²) in [5.41, 5.74) is 0.564. The molecule has 6 heteroatoms. The van der Waals surface area contributed by atoms with Crippen LogP contribution in [0.1, 0.15) is 26.5 Å². The number of nitrogens with zero attached hydrogens (tertiary/aromatic N) is 4. The van der Waals surface area contributed by atoms with Gasteiger partial charge in [-0.25, -0.2) is 0 Å². The maximum atomic E-state index is 10.8. The van der Waals surface area contributed by atoms with E-state index in [9.17, 15) is 4.79 Å². The lowest BCUT2D eigenvalue weighted by Gasteiger charge is -2.33. The molecule has 0 unspecified atom stereocenters. The highest BCUT2D eigenvalue weighted by Crippen LogP contribution is 2.15. The van der Waals surface area contributed by atoms with Gasteiger partial charge in [-0.05, 0) is 20.8 Å². The van der Waals surface area contributed by atoms with E-state index < -0.39 is 5.97 Å². The monoisotopic (exact) mass is 226 g/mol. The van der Waals surface area contributed by atoms with E-state index in [1.807, 2.05) is 25.7 Å². The number of aryl methyl sites for hydroxylation is 1. The Kier molecular flexibility index (Phi) is 3.64. The van der Waals surface area contributed by atoms with Crippen LogP contribution in [0.3, 0.4) is 0 Å². The van der Waals surface area contributed by atoms with Gasteiger partial charge in [0, 0.05) is 25.3 Å². The highest BCUT2D eigenvalue weighted by Gasteiger charge is 2.24. The minimum atomic E-state index is -0.834. The Morgan fingerprint density at radius 1 is 1.56 bits per heavy atom. The van der Waals surface area contributed by atoms with Crippen LogP contribution < -0.4 is 0 Å².